The van der Waals surface area contributed by atoms with Gasteiger partial charge in [0.05, 0.1) is 25.2 Å². The number of fused-ring (bicyclic) bond motifs is 2. The maximum absolute atomic E-state index is 12.1. The summed E-state index contributed by atoms with van der Waals surface area (Å²) in [6.07, 6.45) is 6.44. The Kier molecular flexibility index (Phi) is 4.40. The first-order valence-electron chi connectivity index (χ1n) is 6.59. The summed E-state index contributed by atoms with van der Waals surface area (Å²) in [7, 11) is 1.63. The first-order valence-corrected chi connectivity index (χ1v) is 6.59. The van der Waals surface area contributed by atoms with E-state index in [1.807, 2.05) is 6.92 Å². The van der Waals surface area contributed by atoms with Gasteiger partial charge in [-0.2, -0.15) is 0 Å². The van der Waals surface area contributed by atoms with Crippen molar-refractivity contribution in [2.24, 2.45) is 17.3 Å². The fourth-order valence-electron chi connectivity index (χ4n) is 2.93. The van der Waals surface area contributed by atoms with Crippen molar-refractivity contribution in [2.45, 2.75) is 19.8 Å². The molecule has 2 aliphatic rings. The lowest BCUT2D eigenvalue weighted by atomic mass is 9.78. The lowest BCUT2D eigenvalue weighted by Gasteiger charge is -2.28. The van der Waals surface area contributed by atoms with Crippen molar-refractivity contribution >= 4 is 5.97 Å². The minimum Gasteiger partial charge on any atom is -0.463 e. The van der Waals surface area contributed by atoms with Gasteiger partial charge in [0.15, 0.2) is 0 Å². The maximum Gasteiger partial charge on any atom is 0.312 e. The molecule has 0 saturated heterocycles. The van der Waals surface area contributed by atoms with Gasteiger partial charge in [-0.25, -0.2) is 0 Å². The summed E-state index contributed by atoms with van der Waals surface area (Å²) in [6, 6.07) is 0. The zero-order valence-corrected chi connectivity index (χ0v) is 11.2. The number of carbonyl (C=O) groups excluding carboxylic acids is 1. The second-order valence-corrected chi connectivity index (χ2v) is 5.35. The van der Waals surface area contributed by atoms with Crippen LogP contribution in [0.3, 0.4) is 0 Å². The molecular formula is C14H22O4. The average Bonchev–Trinajstić information content (AvgIpc) is 2.93. The topological polar surface area (TPSA) is 44.8 Å². The SMILES string of the molecule is COCCOCCOC(=O)C1(C)CC2C=CC1C2. The third-order valence-electron chi connectivity index (χ3n) is 4.04. The summed E-state index contributed by atoms with van der Waals surface area (Å²) < 4.78 is 15.4. The molecule has 0 aromatic carbocycles. The van der Waals surface area contributed by atoms with E-state index in [9.17, 15) is 4.79 Å². The van der Waals surface area contributed by atoms with Crippen molar-refractivity contribution in [1.82, 2.24) is 0 Å². The van der Waals surface area contributed by atoms with E-state index in [0.29, 0.717) is 38.3 Å². The van der Waals surface area contributed by atoms with Crippen LogP contribution in [0.4, 0.5) is 0 Å². The second-order valence-electron chi connectivity index (χ2n) is 5.35. The highest BCUT2D eigenvalue weighted by Gasteiger charge is 2.50. The monoisotopic (exact) mass is 254 g/mol. The molecule has 0 radical (unpaired) electrons. The van der Waals surface area contributed by atoms with Gasteiger partial charge in [-0.15, -0.1) is 0 Å². The summed E-state index contributed by atoms with van der Waals surface area (Å²) >= 11 is 0. The van der Waals surface area contributed by atoms with Gasteiger partial charge in [0.25, 0.3) is 0 Å². The molecular weight excluding hydrogens is 232 g/mol. The number of hydrogen-bond acceptors (Lipinski definition) is 4. The zero-order chi connectivity index (χ0) is 13.0. The lowest BCUT2D eigenvalue weighted by Crippen LogP contribution is -2.34. The van der Waals surface area contributed by atoms with Gasteiger partial charge in [0, 0.05) is 7.11 Å². The average molecular weight is 254 g/mol. The number of rotatable bonds is 7. The molecule has 0 aliphatic heterocycles. The van der Waals surface area contributed by atoms with Crippen LogP contribution in [0.15, 0.2) is 12.2 Å². The van der Waals surface area contributed by atoms with Gasteiger partial charge in [0.1, 0.15) is 6.61 Å². The Balaban J connectivity index is 1.67. The molecule has 0 aromatic heterocycles. The maximum atomic E-state index is 12.1. The summed E-state index contributed by atoms with van der Waals surface area (Å²) in [4.78, 5) is 12.1. The smallest absolute Gasteiger partial charge is 0.312 e. The Labute approximate surface area is 108 Å². The number of hydrogen-bond donors (Lipinski definition) is 0. The Bertz CT molecular complexity index is 326. The number of carbonyl (C=O) groups is 1. The van der Waals surface area contributed by atoms with Gasteiger partial charge >= 0.3 is 5.97 Å². The van der Waals surface area contributed by atoms with Crippen LogP contribution >= 0.6 is 0 Å². The van der Waals surface area contributed by atoms with Crippen molar-refractivity contribution in [1.29, 1.82) is 0 Å². The van der Waals surface area contributed by atoms with Gasteiger partial charge in [-0.05, 0) is 31.6 Å². The van der Waals surface area contributed by atoms with Crippen LogP contribution in [0, 0.1) is 17.3 Å². The van der Waals surface area contributed by atoms with Gasteiger partial charge in [0.2, 0.25) is 0 Å². The van der Waals surface area contributed by atoms with Gasteiger partial charge in [-0.1, -0.05) is 12.2 Å². The lowest BCUT2D eigenvalue weighted by molar-refractivity contribution is -0.158. The van der Waals surface area contributed by atoms with E-state index in [1.165, 1.54) is 0 Å². The predicted octanol–water partition coefficient (Wildman–Crippen LogP) is 1.79. The Morgan fingerprint density at radius 3 is 2.67 bits per heavy atom. The molecule has 4 nitrogen and oxygen atoms in total. The second kappa shape index (κ2) is 5.85. The standard InChI is InChI=1S/C14H22O4/c1-14(10-11-3-4-12(14)9-11)13(15)18-8-7-17-6-5-16-2/h3-4,11-12H,5-10H2,1-2H3. The largest absolute Gasteiger partial charge is 0.463 e. The number of ether oxygens (including phenoxy) is 3. The fraction of sp³-hybridized carbons (Fsp3) is 0.786. The minimum atomic E-state index is -0.314. The summed E-state index contributed by atoms with van der Waals surface area (Å²) in [5.41, 5.74) is -0.314. The van der Waals surface area contributed by atoms with Crippen molar-refractivity contribution in [2.75, 3.05) is 33.5 Å². The molecule has 1 saturated carbocycles. The van der Waals surface area contributed by atoms with Crippen molar-refractivity contribution in [3.8, 4) is 0 Å². The molecule has 0 amide bonds. The molecule has 2 rings (SSSR count). The van der Waals surface area contributed by atoms with E-state index in [-0.39, 0.29) is 11.4 Å². The van der Waals surface area contributed by atoms with Gasteiger partial charge in [-0.3, -0.25) is 4.79 Å². The summed E-state index contributed by atoms with van der Waals surface area (Å²) in [5.74, 6) is 0.865. The van der Waals surface area contributed by atoms with Gasteiger partial charge < -0.3 is 14.2 Å². The van der Waals surface area contributed by atoms with Crippen LogP contribution in [0.1, 0.15) is 19.8 Å². The Morgan fingerprint density at radius 2 is 2.06 bits per heavy atom. The van der Waals surface area contributed by atoms with Crippen LogP contribution in [0.2, 0.25) is 0 Å². The van der Waals surface area contributed by atoms with E-state index in [1.54, 1.807) is 7.11 Å². The number of esters is 1. The highest BCUT2D eigenvalue weighted by molar-refractivity contribution is 5.78. The molecule has 102 valence electrons. The van der Waals surface area contributed by atoms with E-state index in [0.717, 1.165) is 12.8 Å². The number of methoxy groups -OCH3 is 1. The molecule has 4 heteroatoms. The molecule has 3 unspecified atom stereocenters. The van der Waals surface area contributed by atoms with Crippen LogP contribution in [0.25, 0.3) is 0 Å². The van der Waals surface area contributed by atoms with E-state index < -0.39 is 0 Å². The highest BCUT2D eigenvalue weighted by Crippen LogP contribution is 2.52. The Morgan fingerprint density at radius 1 is 1.28 bits per heavy atom. The zero-order valence-electron chi connectivity index (χ0n) is 11.2. The summed E-state index contributed by atoms with van der Waals surface area (Å²) in [5, 5.41) is 0. The highest BCUT2D eigenvalue weighted by atomic mass is 16.6. The molecule has 1 fully saturated rings. The molecule has 18 heavy (non-hydrogen) atoms. The molecule has 0 aromatic rings. The van der Waals surface area contributed by atoms with Crippen LogP contribution < -0.4 is 0 Å². The molecule has 0 heterocycles. The third kappa shape index (κ3) is 2.75. The fourth-order valence-corrected chi connectivity index (χ4v) is 2.93. The van der Waals surface area contributed by atoms with Crippen molar-refractivity contribution < 1.29 is 19.0 Å². The quantitative estimate of drug-likeness (QED) is 0.395. The first-order chi connectivity index (χ1) is 8.66. The molecule has 0 spiro atoms. The van der Waals surface area contributed by atoms with Crippen molar-refractivity contribution in [3.63, 3.8) is 0 Å². The van der Waals surface area contributed by atoms with Crippen molar-refractivity contribution in [3.05, 3.63) is 12.2 Å². The number of allylic oxidation sites excluding steroid dienone is 2. The normalized spacial score (nSPS) is 33.0. The first kappa shape index (κ1) is 13.6. The minimum absolute atomic E-state index is 0.0744. The summed E-state index contributed by atoms with van der Waals surface area (Å²) in [6.45, 7) is 3.91. The van der Waals surface area contributed by atoms with Crippen LogP contribution in [-0.2, 0) is 19.0 Å². The van der Waals surface area contributed by atoms with Crippen LogP contribution in [-0.4, -0.2) is 39.5 Å². The molecule has 3 atom stereocenters. The Hall–Kier alpha value is -0.870. The predicted molar refractivity (Wildman–Crippen MR) is 67.1 cm³/mol. The van der Waals surface area contributed by atoms with E-state index in [2.05, 4.69) is 12.2 Å². The van der Waals surface area contributed by atoms with Crippen LogP contribution in [0.5, 0.6) is 0 Å². The third-order valence-corrected chi connectivity index (χ3v) is 4.04. The molecule has 2 aliphatic carbocycles. The van der Waals surface area contributed by atoms with E-state index in [4.69, 9.17) is 14.2 Å². The van der Waals surface area contributed by atoms with E-state index >= 15 is 0 Å². The molecule has 2 bridgehead atoms. The molecule has 0 N–H and O–H groups in total.